The molecule has 112 valence electrons. The zero-order chi connectivity index (χ0) is 14.5. The molecular weight excluding hydrogens is 244 g/mol. The van der Waals surface area contributed by atoms with E-state index in [1.165, 1.54) is 7.11 Å². The van der Waals surface area contributed by atoms with Crippen LogP contribution < -0.4 is 0 Å². The molecule has 0 radical (unpaired) electrons. The molecule has 0 fully saturated rings. The second kappa shape index (κ2) is 12.2. The molecule has 0 aliphatic carbocycles. The van der Waals surface area contributed by atoms with Gasteiger partial charge in [-0.25, -0.2) is 0 Å². The summed E-state index contributed by atoms with van der Waals surface area (Å²) in [5.74, 6) is -0.185. The van der Waals surface area contributed by atoms with E-state index in [0.29, 0.717) is 12.8 Å². The molecule has 0 aliphatic rings. The van der Waals surface area contributed by atoms with Crippen LogP contribution in [0.1, 0.15) is 71.1 Å². The molecule has 0 amide bonds. The summed E-state index contributed by atoms with van der Waals surface area (Å²) in [6.45, 7) is 2.07. The lowest BCUT2D eigenvalue weighted by Crippen LogP contribution is -2.06. The van der Waals surface area contributed by atoms with Crippen LogP contribution in [0, 0.1) is 0 Å². The van der Waals surface area contributed by atoms with Crippen LogP contribution >= 0.6 is 0 Å². The van der Waals surface area contributed by atoms with Gasteiger partial charge in [-0.3, -0.25) is 9.59 Å². The van der Waals surface area contributed by atoms with Gasteiger partial charge >= 0.3 is 5.97 Å². The maximum atomic E-state index is 11.4. The van der Waals surface area contributed by atoms with E-state index in [9.17, 15) is 14.7 Å². The van der Waals surface area contributed by atoms with Gasteiger partial charge in [0.25, 0.3) is 0 Å². The van der Waals surface area contributed by atoms with Crippen molar-refractivity contribution in [2.24, 2.45) is 0 Å². The molecule has 0 saturated heterocycles. The van der Waals surface area contributed by atoms with Crippen LogP contribution in [0.3, 0.4) is 0 Å². The molecular formula is C15H28O4. The van der Waals surface area contributed by atoms with E-state index in [4.69, 9.17) is 0 Å². The highest BCUT2D eigenvalue weighted by Gasteiger charge is 2.07. The van der Waals surface area contributed by atoms with E-state index in [-0.39, 0.29) is 24.3 Å². The minimum absolute atomic E-state index is 0.136. The number of carbonyl (C=O) groups excluding carboxylic acids is 2. The first-order valence-corrected chi connectivity index (χ1v) is 7.36. The summed E-state index contributed by atoms with van der Waals surface area (Å²) >= 11 is 0. The Labute approximate surface area is 116 Å². The van der Waals surface area contributed by atoms with Gasteiger partial charge in [0.15, 0.2) is 0 Å². The maximum absolute atomic E-state index is 11.4. The maximum Gasteiger partial charge on any atom is 0.305 e. The van der Waals surface area contributed by atoms with Crippen molar-refractivity contribution < 1.29 is 19.4 Å². The fourth-order valence-electron chi connectivity index (χ4n) is 2.00. The van der Waals surface area contributed by atoms with Gasteiger partial charge in [0, 0.05) is 12.8 Å². The molecule has 1 atom stereocenters. The first kappa shape index (κ1) is 18.1. The van der Waals surface area contributed by atoms with Crippen LogP contribution in [0.4, 0.5) is 0 Å². The molecule has 0 aromatic carbocycles. The zero-order valence-electron chi connectivity index (χ0n) is 12.3. The van der Waals surface area contributed by atoms with Crippen molar-refractivity contribution in [2.45, 2.75) is 77.2 Å². The molecule has 19 heavy (non-hydrogen) atoms. The van der Waals surface area contributed by atoms with Crippen LogP contribution in [0.2, 0.25) is 0 Å². The van der Waals surface area contributed by atoms with Crippen molar-refractivity contribution in [1.82, 2.24) is 0 Å². The van der Waals surface area contributed by atoms with Gasteiger partial charge in [0.2, 0.25) is 0 Å². The number of hydrogen-bond donors (Lipinski definition) is 1. The molecule has 0 bridgehead atoms. The number of unbranched alkanes of at least 4 members (excludes halogenated alkanes) is 3. The molecule has 4 heteroatoms. The molecule has 1 N–H and O–H groups in total. The van der Waals surface area contributed by atoms with Crippen molar-refractivity contribution in [2.75, 3.05) is 7.11 Å². The number of aliphatic hydroxyl groups excluding tert-OH is 1. The molecule has 0 spiro atoms. The largest absolute Gasteiger partial charge is 0.469 e. The second-order valence-corrected chi connectivity index (χ2v) is 5.01. The molecule has 0 unspecified atom stereocenters. The first-order valence-electron chi connectivity index (χ1n) is 7.36. The summed E-state index contributed by atoms with van der Waals surface area (Å²) < 4.78 is 4.49. The highest BCUT2D eigenvalue weighted by molar-refractivity contribution is 5.82. The van der Waals surface area contributed by atoms with E-state index in [1.807, 2.05) is 0 Å². The van der Waals surface area contributed by atoms with E-state index in [1.54, 1.807) is 0 Å². The van der Waals surface area contributed by atoms with Gasteiger partial charge in [0.05, 0.1) is 19.6 Å². The van der Waals surface area contributed by atoms with E-state index < -0.39 is 0 Å². The monoisotopic (exact) mass is 272 g/mol. The normalized spacial score (nSPS) is 12.2. The lowest BCUT2D eigenvalue weighted by atomic mass is 10.0. The van der Waals surface area contributed by atoms with Gasteiger partial charge in [0.1, 0.15) is 5.78 Å². The Morgan fingerprint density at radius 2 is 1.68 bits per heavy atom. The smallest absolute Gasteiger partial charge is 0.305 e. The summed E-state index contributed by atoms with van der Waals surface area (Å²) in [5, 5.41) is 9.54. The molecule has 0 aromatic heterocycles. The number of ether oxygens (including phenoxy) is 1. The zero-order valence-corrected chi connectivity index (χ0v) is 12.3. The minimum Gasteiger partial charge on any atom is -0.469 e. The number of carbonyl (C=O) groups is 2. The number of rotatable bonds is 12. The van der Waals surface area contributed by atoms with Crippen molar-refractivity contribution in [1.29, 1.82) is 0 Å². The number of esters is 1. The lowest BCUT2D eigenvalue weighted by molar-refractivity contribution is -0.141. The third kappa shape index (κ3) is 11.9. The van der Waals surface area contributed by atoms with E-state index in [2.05, 4.69) is 11.7 Å². The minimum atomic E-state index is -0.321. The number of methoxy groups -OCH3 is 1. The average Bonchev–Trinajstić information content (AvgIpc) is 2.40. The predicted octanol–water partition coefficient (Wildman–Crippen LogP) is 3.01. The fraction of sp³-hybridized carbons (Fsp3) is 0.867. The molecule has 0 aromatic rings. The van der Waals surface area contributed by atoms with Crippen LogP contribution in [-0.2, 0) is 14.3 Å². The fourth-order valence-corrected chi connectivity index (χ4v) is 2.00. The van der Waals surface area contributed by atoms with Gasteiger partial charge < -0.3 is 9.84 Å². The van der Waals surface area contributed by atoms with Crippen molar-refractivity contribution in [3.05, 3.63) is 0 Å². The number of aliphatic hydroxyl groups is 1. The molecule has 0 rings (SSSR count). The van der Waals surface area contributed by atoms with E-state index in [0.717, 1.165) is 44.9 Å². The molecule has 0 aliphatic heterocycles. The summed E-state index contributed by atoms with van der Waals surface area (Å²) in [4.78, 5) is 22.3. The predicted molar refractivity (Wildman–Crippen MR) is 74.9 cm³/mol. The Morgan fingerprint density at radius 1 is 1.00 bits per heavy atom. The van der Waals surface area contributed by atoms with Crippen LogP contribution in [0.25, 0.3) is 0 Å². The quantitative estimate of drug-likeness (QED) is 0.438. The summed E-state index contributed by atoms with van der Waals surface area (Å²) in [6, 6.07) is 0. The molecule has 4 nitrogen and oxygen atoms in total. The molecule has 0 saturated carbocycles. The number of hydrogen-bond acceptors (Lipinski definition) is 4. The lowest BCUT2D eigenvalue weighted by Gasteiger charge is -2.08. The van der Waals surface area contributed by atoms with Crippen molar-refractivity contribution >= 4 is 11.8 Å². The Kier molecular flexibility index (Phi) is 11.6. The van der Waals surface area contributed by atoms with Crippen molar-refractivity contribution in [3.8, 4) is 0 Å². The summed E-state index contributed by atoms with van der Waals surface area (Å²) in [7, 11) is 1.33. The van der Waals surface area contributed by atoms with E-state index >= 15 is 0 Å². The van der Waals surface area contributed by atoms with Gasteiger partial charge in [-0.05, 0) is 19.3 Å². The standard InChI is InChI=1S/C15H28O4/c1-3-8-13(16)9-6-4-5-7-10-14(17)11-12-15(18)19-2/h13,16H,3-12H2,1-2H3/t13-/m0/s1. The summed E-state index contributed by atoms with van der Waals surface area (Å²) in [6.07, 6.45) is 7.63. The van der Waals surface area contributed by atoms with Gasteiger partial charge in [-0.15, -0.1) is 0 Å². The molecule has 0 heterocycles. The SMILES string of the molecule is CCC[C@H](O)CCCCCCC(=O)CCC(=O)OC. The Balaban J connectivity index is 3.34. The third-order valence-corrected chi connectivity index (χ3v) is 3.20. The number of Topliss-reactive ketones (excluding diaryl/α,β-unsaturated/α-hetero) is 1. The van der Waals surface area contributed by atoms with Gasteiger partial charge in [-0.2, -0.15) is 0 Å². The van der Waals surface area contributed by atoms with Gasteiger partial charge in [-0.1, -0.05) is 32.6 Å². The third-order valence-electron chi connectivity index (χ3n) is 3.20. The first-order chi connectivity index (χ1) is 9.10. The van der Waals surface area contributed by atoms with Crippen LogP contribution in [0.15, 0.2) is 0 Å². The summed E-state index contributed by atoms with van der Waals surface area (Å²) in [5.41, 5.74) is 0. The highest BCUT2D eigenvalue weighted by atomic mass is 16.5. The topological polar surface area (TPSA) is 63.6 Å². The Hall–Kier alpha value is -0.900. The Bertz CT molecular complexity index is 251. The van der Waals surface area contributed by atoms with Crippen LogP contribution in [-0.4, -0.2) is 30.1 Å². The van der Waals surface area contributed by atoms with Crippen LogP contribution in [0.5, 0.6) is 0 Å². The van der Waals surface area contributed by atoms with Crippen molar-refractivity contribution in [3.63, 3.8) is 0 Å². The second-order valence-electron chi connectivity index (χ2n) is 5.01. The average molecular weight is 272 g/mol. The number of ketones is 1. The Morgan fingerprint density at radius 3 is 2.32 bits per heavy atom. The highest BCUT2D eigenvalue weighted by Crippen LogP contribution is 2.11.